The topological polar surface area (TPSA) is 116 Å². The fraction of sp³-hybridized carbons (Fsp3) is 0.500. The minimum Gasteiger partial charge on any atom is -0.313 e. The number of H-pyrrole nitrogens is 1. The largest absolute Gasteiger partial charge is 0.329 e. The second-order valence-electron chi connectivity index (χ2n) is 7.52. The first-order valence-corrected chi connectivity index (χ1v) is 11.4. The van der Waals surface area contributed by atoms with Gasteiger partial charge in [0.2, 0.25) is 0 Å². The Morgan fingerprint density at radius 1 is 1.10 bits per heavy atom. The highest BCUT2D eigenvalue weighted by Gasteiger charge is 2.18. The van der Waals surface area contributed by atoms with Gasteiger partial charge in [-0.05, 0) is 39.2 Å². The number of unbranched alkanes of at least 4 members (excludes halogenated alkanes) is 1. The van der Waals surface area contributed by atoms with Crippen molar-refractivity contribution < 1.29 is 0 Å². The Morgan fingerprint density at radius 2 is 1.87 bits per heavy atom. The van der Waals surface area contributed by atoms with Crippen molar-refractivity contribution >= 4 is 28.7 Å². The summed E-state index contributed by atoms with van der Waals surface area (Å²) in [7, 11) is 1.60. The lowest BCUT2D eigenvalue weighted by molar-refractivity contribution is 0.699. The summed E-state index contributed by atoms with van der Waals surface area (Å²) in [5.41, 5.74) is 3.15. The van der Waals surface area contributed by atoms with Gasteiger partial charge in [-0.3, -0.25) is 14.3 Å². The third-order valence-corrected chi connectivity index (χ3v) is 6.46. The molecule has 0 aromatic carbocycles. The maximum Gasteiger partial charge on any atom is 0.329 e. The molecule has 4 rings (SSSR count). The smallest absolute Gasteiger partial charge is 0.313 e. The Balaban J connectivity index is 1.68. The summed E-state index contributed by atoms with van der Waals surface area (Å²) < 4.78 is 4.97. The van der Waals surface area contributed by atoms with Gasteiger partial charge in [-0.15, -0.1) is 5.10 Å². The Hall–Kier alpha value is -2.95. The van der Waals surface area contributed by atoms with Crippen LogP contribution in [0.15, 0.2) is 14.7 Å². The molecule has 1 N–H and O–H groups in total. The van der Waals surface area contributed by atoms with Crippen LogP contribution in [0.5, 0.6) is 0 Å². The van der Waals surface area contributed by atoms with Gasteiger partial charge in [-0.1, -0.05) is 25.1 Å². The minimum absolute atomic E-state index is 0.370. The molecule has 0 spiro atoms. The highest BCUT2D eigenvalue weighted by molar-refractivity contribution is 7.98. The van der Waals surface area contributed by atoms with E-state index in [1.807, 2.05) is 22.9 Å². The van der Waals surface area contributed by atoms with Crippen LogP contribution >= 0.6 is 11.8 Å². The average Bonchev–Trinajstić information content (AvgIpc) is 3.31. The minimum atomic E-state index is -0.479. The molecule has 0 amide bonds. The van der Waals surface area contributed by atoms with Crippen LogP contribution in [0.25, 0.3) is 16.9 Å². The summed E-state index contributed by atoms with van der Waals surface area (Å²) in [6.45, 7) is 8.75. The zero-order valence-electron chi connectivity index (χ0n) is 18.4. The summed E-state index contributed by atoms with van der Waals surface area (Å²) in [5.74, 6) is 1.71. The van der Waals surface area contributed by atoms with E-state index in [0.29, 0.717) is 40.2 Å². The second kappa shape index (κ2) is 8.29. The van der Waals surface area contributed by atoms with Gasteiger partial charge in [0.05, 0.1) is 5.75 Å². The van der Waals surface area contributed by atoms with E-state index in [0.717, 1.165) is 30.7 Å². The number of fused-ring (bicyclic) bond motifs is 2. The lowest BCUT2D eigenvalue weighted by Crippen LogP contribution is -2.29. The Kier molecular flexibility index (Phi) is 5.69. The summed E-state index contributed by atoms with van der Waals surface area (Å²) >= 11 is 1.43. The standard InChI is InChI=1S/C20H26N8O2S/c1-6-8-9-13-11(3)21-18-22-14(25-28(18)12(13)4)10-31-20-23-16-15(27(20)7-2)17(29)24-19(30)26(16)5/h6-10H2,1-5H3,(H,24,29,30). The zero-order chi connectivity index (χ0) is 22.3. The van der Waals surface area contributed by atoms with Gasteiger partial charge < -0.3 is 4.57 Å². The van der Waals surface area contributed by atoms with Crippen molar-refractivity contribution in [2.45, 2.75) is 64.4 Å². The van der Waals surface area contributed by atoms with Crippen molar-refractivity contribution in [3.05, 3.63) is 43.6 Å². The Bertz CT molecular complexity index is 1390. The number of hydrogen-bond donors (Lipinski definition) is 1. The van der Waals surface area contributed by atoms with E-state index >= 15 is 0 Å². The predicted octanol–water partition coefficient (Wildman–Crippen LogP) is 2.13. The first kappa shape index (κ1) is 21.3. The quantitative estimate of drug-likeness (QED) is 0.436. The number of imidazole rings is 1. The van der Waals surface area contributed by atoms with Crippen molar-refractivity contribution in [1.82, 2.24) is 38.7 Å². The van der Waals surface area contributed by atoms with Gasteiger partial charge in [-0.2, -0.15) is 4.98 Å². The Labute approximate surface area is 182 Å². The molecule has 0 fully saturated rings. The molecule has 10 nitrogen and oxygen atoms in total. The lowest BCUT2D eigenvalue weighted by atomic mass is 10.1. The van der Waals surface area contributed by atoms with E-state index in [9.17, 15) is 9.59 Å². The molecule has 0 aliphatic rings. The number of aryl methyl sites for hydroxylation is 4. The van der Waals surface area contributed by atoms with Crippen LogP contribution in [0.1, 0.15) is 49.5 Å². The van der Waals surface area contributed by atoms with Crippen molar-refractivity contribution in [1.29, 1.82) is 0 Å². The van der Waals surface area contributed by atoms with Gasteiger partial charge in [0.1, 0.15) is 0 Å². The van der Waals surface area contributed by atoms with E-state index in [1.165, 1.54) is 21.9 Å². The van der Waals surface area contributed by atoms with Gasteiger partial charge in [0.15, 0.2) is 22.1 Å². The fourth-order valence-corrected chi connectivity index (χ4v) is 4.68. The average molecular weight is 443 g/mol. The maximum absolute atomic E-state index is 12.3. The molecule has 0 saturated carbocycles. The molecule has 0 atom stereocenters. The molecule has 0 unspecified atom stereocenters. The molecule has 4 heterocycles. The summed E-state index contributed by atoms with van der Waals surface area (Å²) in [6, 6.07) is 0. The Morgan fingerprint density at radius 3 is 2.58 bits per heavy atom. The zero-order valence-corrected chi connectivity index (χ0v) is 19.2. The number of aromatic amines is 1. The monoisotopic (exact) mass is 442 g/mol. The third-order valence-electron chi connectivity index (χ3n) is 5.49. The number of hydrogen-bond acceptors (Lipinski definition) is 7. The highest BCUT2D eigenvalue weighted by atomic mass is 32.2. The van der Waals surface area contributed by atoms with Gasteiger partial charge >= 0.3 is 5.69 Å². The van der Waals surface area contributed by atoms with Crippen molar-refractivity contribution in [2.75, 3.05) is 0 Å². The molecule has 31 heavy (non-hydrogen) atoms. The maximum atomic E-state index is 12.3. The van der Waals surface area contributed by atoms with Crippen molar-refractivity contribution in [2.24, 2.45) is 7.05 Å². The molecule has 0 bridgehead atoms. The molecule has 4 aromatic rings. The summed E-state index contributed by atoms with van der Waals surface area (Å²) in [6.07, 6.45) is 3.22. The predicted molar refractivity (Wildman–Crippen MR) is 120 cm³/mol. The van der Waals surface area contributed by atoms with Crippen LogP contribution < -0.4 is 11.2 Å². The molecule has 0 saturated heterocycles. The normalized spacial score (nSPS) is 11.8. The third kappa shape index (κ3) is 3.67. The first-order chi connectivity index (χ1) is 14.8. The van der Waals surface area contributed by atoms with E-state index < -0.39 is 11.2 Å². The molecule has 0 aliphatic heterocycles. The molecule has 164 valence electrons. The van der Waals surface area contributed by atoms with Crippen LogP contribution in [-0.4, -0.2) is 38.7 Å². The molecular formula is C20H26N8O2S. The number of aromatic nitrogens is 8. The molecule has 11 heteroatoms. The lowest BCUT2D eigenvalue weighted by Gasteiger charge is -2.09. The number of thioether (sulfide) groups is 1. The highest BCUT2D eigenvalue weighted by Crippen LogP contribution is 2.24. The number of nitrogens with zero attached hydrogens (tertiary/aromatic N) is 7. The van der Waals surface area contributed by atoms with Crippen molar-refractivity contribution in [3.63, 3.8) is 0 Å². The van der Waals surface area contributed by atoms with Crippen LogP contribution in [0.4, 0.5) is 0 Å². The summed E-state index contributed by atoms with van der Waals surface area (Å²) in [5, 5.41) is 5.30. The van der Waals surface area contributed by atoms with Crippen LogP contribution in [0.3, 0.4) is 0 Å². The van der Waals surface area contributed by atoms with Gasteiger partial charge in [0.25, 0.3) is 11.3 Å². The number of rotatable bonds is 7. The first-order valence-electron chi connectivity index (χ1n) is 10.4. The van der Waals surface area contributed by atoms with Gasteiger partial charge in [-0.25, -0.2) is 19.3 Å². The molecule has 0 aliphatic carbocycles. The fourth-order valence-electron chi connectivity index (χ4n) is 3.77. The van der Waals surface area contributed by atoms with Crippen molar-refractivity contribution in [3.8, 4) is 0 Å². The van der Waals surface area contributed by atoms with E-state index in [-0.39, 0.29) is 0 Å². The molecular weight excluding hydrogens is 416 g/mol. The molecule has 0 radical (unpaired) electrons. The van der Waals surface area contributed by atoms with Crippen LogP contribution in [-0.2, 0) is 25.8 Å². The van der Waals surface area contributed by atoms with E-state index in [2.05, 4.69) is 38.9 Å². The van der Waals surface area contributed by atoms with E-state index in [4.69, 9.17) is 0 Å². The SMILES string of the molecule is CCCCc1c(C)nc2nc(CSc3nc4c(c(=O)[nH]c(=O)n4C)n3CC)nn2c1C. The molecule has 4 aromatic heterocycles. The second-order valence-corrected chi connectivity index (χ2v) is 8.46. The van der Waals surface area contributed by atoms with Gasteiger partial charge in [0, 0.05) is 25.0 Å². The van der Waals surface area contributed by atoms with Crippen LogP contribution in [0.2, 0.25) is 0 Å². The van der Waals surface area contributed by atoms with E-state index in [1.54, 1.807) is 7.05 Å². The summed E-state index contributed by atoms with van der Waals surface area (Å²) in [4.78, 5) is 40.4. The number of nitrogens with one attached hydrogen (secondary N) is 1. The van der Waals surface area contributed by atoms with Crippen LogP contribution in [0, 0.1) is 13.8 Å².